The van der Waals surface area contributed by atoms with Crippen LogP contribution in [-0.4, -0.2) is 20.4 Å². The molecular weight excluding hydrogens is 352 g/mol. The fourth-order valence-corrected chi connectivity index (χ4v) is 2.76. The van der Waals surface area contributed by atoms with Gasteiger partial charge < -0.3 is 20.4 Å². The maximum absolute atomic E-state index is 10.3. The van der Waals surface area contributed by atoms with Gasteiger partial charge in [0.15, 0.2) is 0 Å². The highest BCUT2D eigenvalue weighted by Gasteiger charge is 2.10. The summed E-state index contributed by atoms with van der Waals surface area (Å²) in [6.45, 7) is 6.21. The first kappa shape index (κ1) is 21.2. The van der Waals surface area contributed by atoms with Gasteiger partial charge in [-0.2, -0.15) is 0 Å². The summed E-state index contributed by atoms with van der Waals surface area (Å²) >= 11 is 0. The van der Waals surface area contributed by atoms with E-state index in [1.54, 1.807) is 30.4 Å². The van der Waals surface area contributed by atoms with Crippen LogP contribution in [0.15, 0.2) is 53.6 Å². The van der Waals surface area contributed by atoms with E-state index in [2.05, 4.69) is 26.0 Å². The molecule has 0 aliphatic carbocycles. The van der Waals surface area contributed by atoms with Crippen molar-refractivity contribution in [2.45, 2.75) is 40.0 Å². The summed E-state index contributed by atoms with van der Waals surface area (Å²) in [6, 6.07) is 7.47. The number of hydrogen-bond acceptors (Lipinski definition) is 4. The molecule has 0 aliphatic heterocycles. The highest BCUT2D eigenvalue weighted by molar-refractivity contribution is 5.74. The van der Waals surface area contributed by atoms with Crippen molar-refractivity contribution in [3.63, 3.8) is 0 Å². The third kappa shape index (κ3) is 5.95. The first-order chi connectivity index (χ1) is 13.3. The fourth-order valence-electron chi connectivity index (χ4n) is 2.76. The molecule has 148 valence electrons. The maximum Gasteiger partial charge on any atom is 0.126 e. The van der Waals surface area contributed by atoms with E-state index in [1.165, 1.54) is 17.7 Å². The lowest BCUT2D eigenvalue weighted by Crippen LogP contribution is -1.90. The van der Waals surface area contributed by atoms with Crippen molar-refractivity contribution in [2.75, 3.05) is 0 Å². The lowest BCUT2D eigenvalue weighted by atomic mass is 10.0. The molecule has 0 aliphatic rings. The zero-order valence-corrected chi connectivity index (χ0v) is 16.6. The third-order valence-corrected chi connectivity index (χ3v) is 4.64. The van der Waals surface area contributed by atoms with Crippen molar-refractivity contribution in [2.24, 2.45) is 0 Å². The summed E-state index contributed by atoms with van der Waals surface area (Å²) in [5, 5.41) is 39.8. The zero-order chi connectivity index (χ0) is 20.7. The molecule has 0 bridgehead atoms. The monoisotopic (exact) mass is 380 g/mol. The van der Waals surface area contributed by atoms with E-state index in [-0.39, 0.29) is 23.0 Å². The number of benzene rings is 2. The van der Waals surface area contributed by atoms with Crippen molar-refractivity contribution < 1.29 is 20.4 Å². The molecule has 28 heavy (non-hydrogen) atoms. The van der Waals surface area contributed by atoms with Gasteiger partial charge in [-0.3, -0.25) is 0 Å². The largest absolute Gasteiger partial charge is 0.508 e. The lowest BCUT2D eigenvalue weighted by Gasteiger charge is -2.09. The molecule has 0 aromatic heterocycles. The molecule has 0 saturated heterocycles. The lowest BCUT2D eigenvalue weighted by molar-refractivity contribution is 0.440. The Labute approximate surface area is 166 Å². The second-order valence-electron chi connectivity index (χ2n) is 6.98. The predicted octanol–water partition coefficient (Wildman–Crippen LogP) is 5.91. The Bertz CT molecular complexity index is 897. The van der Waals surface area contributed by atoms with E-state index in [0.717, 1.165) is 18.4 Å². The van der Waals surface area contributed by atoms with Gasteiger partial charge in [0.1, 0.15) is 23.0 Å². The van der Waals surface area contributed by atoms with Crippen LogP contribution in [0.2, 0.25) is 0 Å². The first-order valence-electron chi connectivity index (χ1n) is 9.36. The van der Waals surface area contributed by atoms with Gasteiger partial charge in [0.25, 0.3) is 0 Å². The van der Waals surface area contributed by atoms with Crippen molar-refractivity contribution in [1.82, 2.24) is 0 Å². The van der Waals surface area contributed by atoms with Crippen molar-refractivity contribution in [1.29, 1.82) is 0 Å². The number of allylic oxidation sites excluding steroid dienone is 4. The minimum atomic E-state index is -0.0468. The van der Waals surface area contributed by atoms with Crippen molar-refractivity contribution in [3.8, 4) is 23.0 Å². The summed E-state index contributed by atoms with van der Waals surface area (Å²) in [5.74, 6) is -0.00212. The Morgan fingerprint density at radius 1 is 0.821 bits per heavy atom. The summed E-state index contributed by atoms with van der Waals surface area (Å²) in [4.78, 5) is 0. The highest BCUT2D eigenvalue weighted by atomic mass is 16.3. The fraction of sp³-hybridized carbons (Fsp3) is 0.250. The Kier molecular flexibility index (Phi) is 7.33. The molecule has 4 heteroatoms. The van der Waals surface area contributed by atoms with Gasteiger partial charge >= 0.3 is 0 Å². The van der Waals surface area contributed by atoms with Crippen LogP contribution in [0.3, 0.4) is 0 Å². The molecule has 0 spiro atoms. The molecule has 0 saturated carbocycles. The summed E-state index contributed by atoms with van der Waals surface area (Å²) in [5.41, 5.74) is 4.03. The molecule has 4 nitrogen and oxygen atoms in total. The van der Waals surface area contributed by atoms with Crippen LogP contribution in [0.25, 0.3) is 12.2 Å². The van der Waals surface area contributed by atoms with Crippen LogP contribution in [0.4, 0.5) is 0 Å². The molecule has 0 atom stereocenters. The van der Waals surface area contributed by atoms with Gasteiger partial charge in [0.05, 0.1) is 0 Å². The van der Waals surface area contributed by atoms with Crippen LogP contribution in [0.5, 0.6) is 23.0 Å². The van der Waals surface area contributed by atoms with Crippen LogP contribution in [-0.2, 0) is 6.42 Å². The minimum absolute atomic E-state index is 0.0157. The third-order valence-electron chi connectivity index (χ3n) is 4.64. The van der Waals surface area contributed by atoms with Crippen LogP contribution >= 0.6 is 0 Å². The Morgan fingerprint density at radius 3 is 2.07 bits per heavy atom. The molecule has 0 unspecified atom stereocenters. The molecule has 2 rings (SSSR count). The van der Waals surface area contributed by atoms with Gasteiger partial charge in [-0.1, -0.05) is 42.4 Å². The SMILES string of the molecule is CC/C(C)=C/C/C=C(\C)Cc1c(O)cc(/C=C/c2ccc(O)cc2O)cc1O. The molecule has 4 N–H and O–H groups in total. The van der Waals surface area contributed by atoms with Gasteiger partial charge in [0.2, 0.25) is 0 Å². The maximum atomic E-state index is 10.3. The van der Waals surface area contributed by atoms with Crippen LogP contribution in [0.1, 0.15) is 50.3 Å². The number of phenols is 4. The standard InChI is InChI=1S/C24H28O4/c1-4-16(2)6-5-7-17(3)12-21-23(27)13-18(14-24(21)28)8-9-19-10-11-20(25)15-22(19)26/h6-11,13-15,25-28H,4-5,12H2,1-3H3/b9-8+,16-6+,17-7+. The first-order valence-corrected chi connectivity index (χ1v) is 9.36. The van der Waals surface area contributed by atoms with Crippen molar-refractivity contribution in [3.05, 3.63) is 70.3 Å². The molecule has 0 amide bonds. The minimum Gasteiger partial charge on any atom is -0.508 e. The van der Waals surface area contributed by atoms with Gasteiger partial charge in [-0.05, 0) is 56.5 Å². The van der Waals surface area contributed by atoms with Crippen LogP contribution in [0, 0.1) is 0 Å². The number of hydrogen-bond donors (Lipinski definition) is 4. The van der Waals surface area contributed by atoms with E-state index < -0.39 is 0 Å². The van der Waals surface area contributed by atoms with Crippen LogP contribution < -0.4 is 0 Å². The van der Waals surface area contributed by atoms with E-state index in [9.17, 15) is 20.4 Å². The quantitative estimate of drug-likeness (QED) is 0.355. The second kappa shape index (κ2) is 9.70. The van der Waals surface area contributed by atoms with Gasteiger partial charge in [0, 0.05) is 23.6 Å². The molecule has 0 radical (unpaired) electrons. The number of aromatic hydroxyl groups is 4. The van der Waals surface area contributed by atoms with E-state index in [0.29, 0.717) is 23.1 Å². The Morgan fingerprint density at radius 2 is 1.46 bits per heavy atom. The molecule has 2 aromatic carbocycles. The zero-order valence-electron chi connectivity index (χ0n) is 16.6. The van der Waals surface area contributed by atoms with E-state index in [1.807, 2.05) is 6.92 Å². The van der Waals surface area contributed by atoms with E-state index >= 15 is 0 Å². The average molecular weight is 380 g/mol. The molecular formula is C24H28O4. The Balaban J connectivity index is 2.16. The number of rotatable bonds is 7. The van der Waals surface area contributed by atoms with Gasteiger partial charge in [-0.15, -0.1) is 0 Å². The smallest absolute Gasteiger partial charge is 0.126 e. The number of phenolic OH excluding ortho intramolecular Hbond substituents is 4. The van der Waals surface area contributed by atoms with Crippen molar-refractivity contribution >= 4 is 12.2 Å². The molecule has 0 heterocycles. The Hall–Kier alpha value is -3.14. The predicted molar refractivity (Wildman–Crippen MR) is 115 cm³/mol. The topological polar surface area (TPSA) is 80.9 Å². The second-order valence-corrected chi connectivity index (χ2v) is 6.98. The van der Waals surface area contributed by atoms with Gasteiger partial charge in [-0.25, -0.2) is 0 Å². The highest BCUT2D eigenvalue weighted by Crippen LogP contribution is 2.32. The summed E-state index contributed by atoms with van der Waals surface area (Å²) in [7, 11) is 0. The summed E-state index contributed by atoms with van der Waals surface area (Å²) in [6.07, 6.45) is 9.94. The summed E-state index contributed by atoms with van der Waals surface area (Å²) < 4.78 is 0. The molecule has 2 aromatic rings. The normalized spacial score (nSPS) is 12.7. The van der Waals surface area contributed by atoms with E-state index in [4.69, 9.17) is 0 Å². The average Bonchev–Trinajstić information content (AvgIpc) is 2.63. The molecule has 0 fully saturated rings.